The molecule has 2 N–H and O–H groups in total. The largest absolute Gasteiger partial charge is 0.315 e. The molecule has 1 fully saturated rings. The van der Waals surface area contributed by atoms with E-state index < -0.39 is 0 Å². The molecule has 0 bridgehead atoms. The molecule has 1 aliphatic heterocycles. The molecule has 1 saturated heterocycles. The molecule has 0 radical (unpaired) electrons. The average molecular weight is 195 g/mol. The van der Waals surface area contributed by atoms with Gasteiger partial charge in [-0.15, -0.1) is 0 Å². The van der Waals surface area contributed by atoms with E-state index in [-0.39, 0.29) is 6.04 Å². The van der Waals surface area contributed by atoms with Crippen LogP contribution >= 0.6 is 0 Å². The lowest BCUT2D eigenvalue weighted by molar-refractivity contribution is 0.238. The summed E-state index contributed by atoms with van der Waals surface area (Å²) in [4.78, 5) is 2.33. The Morgan fingerprint density at radius 1 is 1.50 bits per heavy atom. The summed E-state index contributed by atoms with van der Waals surface area (Å²) < 4.78 is 0. The van der Waals surface area contributed by atoms with Crippen molar-refractivity contribution in [2.45, 2.75) is 39.2 Å². The average Bonchev–Trinajstić information content (AvgIpc) is 2.62. The normalized spacial score (nSPS) is 23.3. The van der Waals surface area contributed by atoms with Crippen molar-refractivity contribution < 1.29 is 0 Å². The second-order valence-corrected chi connectivity index (χ2v) is 4.43. The Balaban J connectivity index is 2.44. The molecule has 3 heteroatoms. The molecule has 1 aliphatic rings. The smallest absolute Gasteiger partial charge is 0.106 e. The summed E-state index contributed by atoms with van der Waals surface area (Å²) in [6.07, 6.45) is 3.74. The molecule has 0 aliphatic carbocycles. The predicted molar refractivity (Wildman–Crippen MR) is 57.7 cm³/mol. The van der Waals surface area contributed by atoms with Gasteiger partial charge in [-0.25, -0.2) is 0 Å². The summed E-state index contributed by atoms with van der Waals surface area (Å²) >= 11 is 0. The van der Waals surface area contributed by atoms with Crippen molar-refractivity contribution in [3.63, 3.8) is 0 Å². The first-order chi connectivity index (χ1) is 6.65. The number of likely N-dealkylation sites (tertiary alicyclic amines) is 1. The molecule has 0 aromatic rings. The van der Waals surface area contributed by atoms with Gasteiger partial charge in [0.05, 0.1) is 6.07 Å². The van der Waals surface area contributed by atoms with Crippen LogP contribution in [0.1, 0.15) is 33.1 Å². The summed E-state index contributed by atoms with van der Waals surface area (Å²) in [5, 5.41) is 8.64. The van der Waals surface area contributed by atoms with E-state index >= 15 is 0 Å². The minimum absolute atomic E-state index is 0.320. The van der Waals surface area contributed by atoms with E-state index in [0.717, 1.165) is 19.6 Å². The van der Waals surface area contributed by atoms with Crippen LogP contribution < -0.4 is 5.73 Å². The lowest BCUT2D eigenvalue weighted by Gasteiger charge is -2.26. The zero-order valence-electron chi connectivity index (χ0n) is 9.29. The summed E-state index contributed by atoms with van der Waals surface area (Å²) in [6, 6.07) is 1.77. The molecule has 1 unspecified atom stereocenters. The van der Waals surface area contributed by atoms with Gasteiger partial charge in [0.15, 0.2) is 0 Å². The maximum atomic E-state index is 8.64. The molecule has 3 nitrogen and oxygen atoms in total. The van der Waals surface area contributed by atoms with Gasteiger partial charge in [-0.3, -0.25) is 0 Å². The van der Waals surface area contributed by atoms with Crippen LogP contribution in [0.5, 0.6) is 0 Å². The van der Waals surface area contributed by atoms with Gasteiger partial charge in [0.25, 0.3) is 0 Å². The Morgan fingerprint density at radius 3 is 2.57 bits per heavy atom. The fourth-order valence-corrected chi connectivity index (χ4v) is 2.33. The van der Waals surface area contributed by atoms with Crippen LogP contribution in [-0.2, 0) is 0 Å². The predicted octanol–water partition coefficient (Wildman–Crippen LogP) is 1.35. The van der Waals surface area contributed by atoms with Crippen molar-refractivity contribution in [3.8, 4) is 6.07 Å². The minimum atomic E-state index is -0.320. The van der Waals surface area contributed by atoms with Gasteiger partial charge in [0.1, 0.15) is 6.04 Å². The second kappa shape index (κ2) is 4.77. The molecule has 0 amide bonds. The van der Waals surface area contributed by atoms with Crippen molar-refractivity contribution in [1.82, 2.24) is 4.90 Å². The molecule has 1 atom stereocenters. The summed E-state index contributed by atoms with van der Waals surface area (Å²) in [6.45, 7) is 7.49. The van der Waals surface area contributed by atoms with Gasteiger partial charge >= 0.3 is 0 Å². The number of nitrogens with zero attached hydrogens (tertiary/aromatic N) is 2. The van der Waals surface area contributed by atoms with Gasteiger partial charge in [-0.05, 0) is 31.2 Å². The minimum Gasteiger partial charge on any atom is -0.315 e. The molecule has 80 valence electrons. The van der Waals surface area contributed by atoms with Gasteiger partial charge in [-0.1, -0.05) is 13.8 Å². The van der Waals surface area contributed by atoms with Crippen molar-refractivity contribution in [3.05, 3.63) is 0 Å². The third kappa shape index (κ3) is 2.46. The monoisotopic (exact) mass is 195 g/mol. The zero-order chi connectivity index (χ0) is 10.6. The van der Waals surface area contributed by atoms with Crippen LogP contribution in [-0.4, -0.2) is 30.6 Å². The van der Waals surface area contributed by atoms with Gasteiger partial charge in [-0.2, -0.15) is 5.26 Å². The Bertz CT molecular complexity index is 215. The highest BCUT2D eigenvalue weighted by Crippen LogP contribution is 2.36. The van der Waals surface area contributed by atoms with Crippen LogP contribution in [0.15, 0.2) is 0 Å². The van der Waals surface area contributed by atoms with Crippen LogP contribution in [0.25, 0.3) is 0 Å². The summed E-state index contributed by atoms with van der Waals surface area (Å²) in [5.41, 5.74) is 6.12. The number of hydrogen-bond donors (Lipinski definition) is 1. The van der Waals surface area contributed by atoms with E-state index in [4.69, 9.17) is 11.0 Å². The quantitative estimate of drug-likeness (QED) is 0.736. The van der Waals surface area contributed by atoms with Crippen molar-refractivity contribution in [2.75, 3.05) is 19.6 Å². The van der Waals surface area contributed by atoms with E-state index in [0.29, 0.717) is 5.41 Å². The van der Waals surface area contributed by atoms with E-state index in [1.807, 2.05) is 0 Å². The molecular formula is C11H21N3. The summed E-state index contributed by atoms with van der Waals surface area (Å²) in [7, 11) is 0. The molecular weight excluding hydrogens is 174 g/mol. The van der Waals surface area contributed by atoms with Crippen LogP contribution in [0, 0.1) is 16.7 Å². The molecule has 0 aromatic heterocycles. The van der Waals surface area contributed by atoms with Gasteiger partial charge < -0.3 is 10.6 Å². The zero-order valence-corrected chi connectivity index (χ0v) is 9.29. The van der Waals surface area contributed by atoms with E-state index in [9.17, 15) is 0 Å². The molecule has 1 rings (SSSR count). The highest BCUT2D eigenvalue weighted by Gasteiger charge is 2.34. The first-order valence-electron chi connectivity index (χ1n) is 5.53. The topological polar surface area (TPSA) is 53.0 Å². The van der Waals surface area contributed by atoms with E-state index in [2.05, 4.69) is 24.8 Å². The lowest BCUT2D eigenvalue weighted by atomic mass is 9.82. The fraction of sp³-hybridized carbons (Fsp3) is 0.909. The van der Waals surface area contributed by atoms with Crippen molar-refractivity contribution in [1.29, 1.82) is 5.26 Å². The highest BCUT2D eigenvalue weighted by molar-refractivity contribution is 4.94. The third-order valence-electron chi connectivity index (χ3n) is 3.64. The van der Waals surface area contributed by atoms with Crippen LogP contribution in [0.3, 0.4) is 0 Å². The van der Waals surface area contributed by atoms with Gasteiger partial charge in [0, 0.05) is 13.1 Å². The van der Waals surface area contributed by atoms with Crippen molar-refractivity contribution in [2.24, 2.45) is 11.1 Å². The molecule has 0 spiro atoms. The Labute approximate surface area is 86.9 Å². The molecule has 0 saturated carbocycles. The molecule has 14 heavy (non-hydrogen) atoms. The number of nitrogens with two attached hydrogens (primary N) is 1. The Morgan fingerprint density at radius 2 is 2.14 bits per heavy atom. The van der Waals surface area contributed by atoms with Gasteiger partial charge in [0.2, 0.25) is 0 Å². The lowest BCUT2D eigenvalue weighted by Crippen LogP contribution is -2.36. The maximum absolute atomic E-state index is 8.64. The number of rotatable bonds is 4. The maximum Gasteiger partial charge on any atom is 0.106 e. The number of nitriles is 1. The second-order valence-electron chi connectivity index (χ2n) is 4.43. The number of hydrogen-bond acceptors (Lipinski definition) is 3. The van der Waals surface area contributed by atoms with Crippen LogP contribution in [0.2, 0.25) is 0 Å². The van der Waals surface area contributed by atoms with Crippen LogP contribution in [0.4, 0.5) is 0 Å². The Kier molecular flexibility index (Phi) is 3.91. The Hall–Kier alpha value is -0.590. The third-order valence-corrected chi connectivity index (χ3v) is 3.64. The standard InChI is InChI=1S/C11H21N3/c1-3-11(4-2)5-6-14(9-11)8-10(13)7-12/h10H,3-6,8-9,13H2,1-2H3. The first-order valence-corrected chi connectivity index (χ1v) is 5.53. The SMILES string of the molecule is CCC1(CC)CCN(CC(N)C#N)C1. The highest BCUT2D eigenvalue weighted by atomic mass is 15.2. The van der Waals surface area contributed by atoms with E-state index in [1.165, 1.54) is 19.3 Å². The fourth-order valence-electron chi connectivity index (χ4n) is 2.33. The molecule has 0 aromatic carbocycles. The van der Waals surface area contributed by atoms with E-state index in [1.54, 1.807) is 0 Å². The van der Waals surface area contributed by atoms with Crippen molar-refractivity contribution >= 4 is 0 Å². The molecule has 1 heterocycles. The summed E-state index contributed by atoms with van der Waals surface area (Å²) in [5.74, 6) is 0. The first kappa shape index (κ1) is 11.5.